The average Bonchev–Trinajstić information content (AvgIpc) is 3.05. The van der Waals surface area contributed by atoms with Gasteiger partial charge in [-0.3, -0.25) is 0 Å². The average molecular weight is 440 g/mol. The minimum Gasteiger partial charge on any atom is -0.367 e. The lowest BCUT2D eigenvalue weighted by atomic mass is 9.94. The third kappa shape index (κ3) is 4.94. The molecule has 2 aromatic carbocycles. The Bertz CT molecular complexity index is 930. The maximum Gasteiger partial charge on any atom is 0.416 e. The summed E-state index contributed by atoms with van der Waals surface area (Å²) in [4.78, 5) is 12.7. The topological polar surface area (TPSA) is 53.9 Å². The summed E-state index contributed by atoms with van der Waals surface area (Å²) in [5.41, 5.74) is -0.0379. The second-order valence-corrected chi connectivity index (χ2v) is 7.53. The van der Waals surface area contributed by atoms with Crippen molar-refractivity contribution in [2.24, 2.45) is 5.10 Å². The Hall–Kier alpha value is -2.58. The van der Waals surface area contributed by atoms with Crippen molar-refractivity contribution < 1.29 is 22.7 Å². The molecule has 9 heteroatoms. The molecule has 160 valence electrons. The lowest BCUT2D eigenvalue weighted by Gasteiger charge is -2.26. The van der Waals surface area contributed by atoms with Gasteiger partial charge in [0.1, 0.15) is 11.3 Å². The quantitative estimate of drug-likeness (QED) is 0.640. The van der Waals surface area contributed by atoms with Gasteiger partial charge in [0.15, 0.2) is 0 Å². The van der Waals surface area contributed by atoms with E-state index in [2.05, 4.69) is 10.4 Å². The molecule has 1 unspecified atom stereocenters. The Morgan fingerprint density at radius 3 is 2.40 bits per heavy atom. The van der Waals surface area contributed by atoms with E-state index >= 15 is 0 Å². The van der Waals surface area contributed by atoms with Crippen molar-refractivity contribution in [3.05, 3.63) is 64.7 Å². The number of halogens is 4. The summed E-state index contributed by atoms with van der Waals surface area (Å²) < 4.78 is 44.1. The van der Waals surface area contributed by atoms with Crippen LogP contribution >= 0.6 is 11.6 Å². The molecule has 0 aromatic heterocycles. The van der Waals surface area contributed by atoms with Crippen molar-refractivity contribution in [3.63, 3.8) is 0 Å². The van der Waals surface area contributed by atoms with Crippen molar-refractivity contribution in [1.29, 1.82) is 0 Å². The molecule has 2 amide bonds. The maximum atomic E-state index is 12.7. The monoisotopic (exact) mass is 439 g/mol. The highest BCUT2D eigenvalue weighted by molar-refractivity contribution is 6.30. The molecule has 2 aromatic rings. The number of rotatable bonds is 5. The normalized spacial score (nSPS) is 19.0. The third-order valence-corrected chi connectivity index (χ3v) is 4.87. The number of hydrazone groups is 1. The molecule has 0 spiro atoms. The molecule has 0 aliphatic carbocycles. The standard InChI is InChI=1S/C21H21ClF3N3O2/c1-3-12-30-20(2)13-28(27-18(20)14-4-8-16(22)9-5-14)19(29)26-17-10-6-15(7-11-17)21(23,24)25/h4-11H,3,12-13H2,1-2H3,(H,26,29). The van der Waals surface area contributed by atoms with E-state index in [0.717, 1.165) is 24.1 Å². The van der Waals surface area contributed by atoms with Crippen molar-refractivity contribution in [2.45, 2.75) is 32.0 Å². The molecule has 1 atom stereocenters. The summed E-state index contributed by atoms with van der Waals surface area (Å²) >= 11 is 5.97. The number of alkyl halides is 3. The summed E-state index contributed by atoms with van der Waals surface area (Å²) in [6, 6.07) is 10.7. The van der Waals surface area contributed by atoms with E-state index in [9.17, 15) is 18.0 Å². The number of hydrogen-bond donors (Lipinski definition) is 1. The van der Waals surface area contributed by atoms with Crippen LogP contribution in [0.15, 0.2) is 53.6 Å². The highest BCUT2D eigenvalue weighted by atomic mass is 35.5. The van der Waals surface area contributed by atoms with Gasteiger partial charge in [-0.2, -0.15) is 18.3 Å². The van der Waals surface area contributed by atoms with E-state index < -0.39 is 23.4 Å². The van der Waals surface area contributed by atoms with E-state index in [0.29, 0.717) is 17.3 Å². The lowest BCUT2D eigenvalue weighted by molar-refractivity contribution is -0.137. The Kier molecular flexibility index (Phi) is 6.38. The zero-order chi connectivity index (χ0) is 21.9. The van der Waals surface area contributed by atoms with Crippen LogP contribution in [0.2, 0.25) is 5.02 Å². The van der Waals surface area contributed by atoms with Crippen molar-refractivity contribution in [3.8, 4) is 0 Å². The highest BCUT2D eigenvalue weighted by Crippen LogP contribution is 2.31. The van der Waals surface area contributed by atoms with Crippen molar-refractivity contribution in [2.75, 3.05) is 18.5 Å². The number of benzene rings is 2. The van der Waals surface area contributed by atoms with Gasteiger partial charge in [0.05, 0.1) is 12.1 Å². The molecule has 0 radical (unpaired) electrons. The van der Waals surface area contributed by atoms with Crippen LogP contribution in [0.4, 0.5) is 23.7 Å². The molecule has 1 heterocycles. The predicted octanol–water partition coefficient (Wildman–Crippen LogP) is 5.80. The first kappa shape index (κ1) is 22.1. The van der Waals surface area contributed by atoms with Crippen LogP contribution in [0.25, 0.3) is 0 Å². The van der Waals surface area contributed by atoms with Crippen LogP contribution in [0.3, 0.4) is 0 Å². The number of carbonyl (C=O) groups excluding carboxylic acids is 1. The van der Waals surface area contributed by atoms with E-state index in [1.54, 1.807) is 24.3 Å². The second-order valence-electron chi connectivity index (χ2n) is 7.10. The van der Waals surface area contributed by atoms with Gasteiger partial charge < -0.3 is 10.1 Å². The van der Waals surface area contributed by atoms with E-state index in [-0.39, 0.29) is 12.2 Å². The molecule has 0 bridgehead atoms. The largest absolute Gasteiger partial charge is 0.416 e. The zero-order valence-electron chi connectivity index (χ0n) is 16.5. The molecule has 30 heavy (non-hydrogen) atoms. The Morgan fingerprint density at radius 1 is 1.20 bits per heavy atom. The molecular formula is C21H21ClF3N3O2. The summed E-state index contributed by atoms with van der Waals surface area (Å²) in [6.07, 6.45) is -3.64. The van der Waals surface area contributed by atoms with Crippen LogP contribution in [0, 0.1) is 0 Å². The number of urea groups is 1. The minimum absolute atomic E-state index is 0.164. The van der Waals surface area contributed by atoms with Gasteiger partial charge in [-0.1, -0.05) is 30.7 Å². The first-order valence-electron chi connectivity index (χ1n) is 9.37. The summed E-state index contributed by atoms with van der Waals surface area (Å²) in [5.74, 6) is 0. The number of nitrogens with zero attached hydrogens (tertiary/aromatic N) is 2. The number of amides is 2. The Labute approximate surface area is 177 Å². The fourth-order valence-corrected chi connectivity index (χ4v) is 3.21. The van der Waals surface area contributed by atoms with Gasteiger partial charge in [0.25, 0.3) is 0 Å². The number of hydrogen-bond acceptors (Lipinski definition) is 3. The van der Waals surface area contributed by atoms with Crippen LogP contribution in [-0.2, 0) is 10.9 Å². The number of carbonyl (C=O) groups is 1. The predicted molar refractivity (Wildman–Crippen MR) is 110 cm³/mol. The van der Waals surface area contributed by atoms with Gasteiger partial charge in [0.2, 0.25) is 0 Å². The van der Waals surface area contributed by atoms with Crippen molar-refractivity contribution >= 4 is 29.0 Å². The van der Waals surface area contributed by atoms with E-state index in [1.165, 1.54) is 17.1 Å². The molecular weight excluding hydrogens is 419 g/mol. The molecule has 0 saturated carbocycles. The number of ether oxygens (including phenoxy) is 1. The molecule has 1 N–H and O–H groups in total. The van der Waals surface area contributed by atoms with Gasteiger partial charge in [-0.05, 0) is 49.7 Å². The van der Waals surface area contributed by atoms with Crippen molar-refractivity contribution in [1.82, 2.24) is 5.01 Å². The third-order valence-electron chi connectivity index (χ3n) is 4.61. The minimum atomic E-state index is -4.44. The first-order valence-corrected chi connectivity index (χ1v) is 9.75. The molecule has 0 fully saturated rings. The molecule has 5 nitrogen and oxygen atoms in total. The molecule has 3 rings (SSSR count). The van der Waals surface area contributed by atoms with Gasteiger partial charge in [-0.15, -0.1) is 0 Å². The zero-order valence-corrected chi connectivity index (χ0v) is 17.2. The SMILES string of the molecule is CCCOC1(C)CN(C(=O)Nc2ccc(C(F)(F)F)cc2)N=C1c1ccc(Cl)cc1. The van der Waals surface area contributed by atoms with Crippen LogP contribution in [0.5, 0.6) is 0 Å². The molecule has 1 aliphatic heterocycles. The summed E-state index contributed by atoms with van der Waals surface area (Å²) in [5, 5.41) is 8.80. The second kappa shape index (κ2) is 8.65. The van der Waals surface area contributed by atoms with Gasteiger partial charge >= 0.3 is 12.2 Å². The van der Waals surface area contributed by atoms with E-state index in [4.69, 9.17) is 16.3 Å². The molecule has 1 aliphatic rings. The van der Waals surface area contributed by atoms with Gasteiger partial charge in [0, 0.05) is 22.9 Å². The highest BCUT2D eigenvalue weighted by Gasteiger charge is 2.42. The smallest absolute Gasteiger partial charge is 0.367 e. The number of nitrogens with one attached hydrogen (secondary N) is 1. The first-order chi connectivity index (χ1) is 14.1. The van der Waals surface area contributed by atoms with Crippen LogP contribution < -0.4 is 5.32 Å². The van der Waals surface area contributed by atoms with Crippen LogP contribution in [-0.4, -0.2) is 35.5 Å². The number of anilines is 1. The fraction of sp³-hybridized carbons (Fsp3) is 0.333. The summed E-state index contributed by atoms with van der Waals surface area (Å²) in [6.45, 7) is 4.48. The Balaban J connectivity index is 1.81. The molecule has 0 saturated heterocycles. The van der Waals surface area contributed by atoms with E-state index in [1.807, 2.05) is 13.8 Å². The Morgan fingerprint density at radius 2 is 1.83 bits per heavy atom. The van der Waals surface area contributed by atoms with Crippen LogP contribution in [0.1, 0.15) is 31.4 Å². The summed E-state index contributed by atoms with van der Waals surface area (Å²) in [7, 11) is 0. The lowest BCUT2D eigenvalue weighted by Crippen LogP contribution is -2.43. The van der Waals surface area contributed by atoms with Gasteiger partial charge in [-0.25, -0.2) is 9.80 Å². The maximum absolute atomic E-state index is 12.7. The fourth-order valence-electron chi connectivity index (χ4n) is 3.08.